The second-order valence-electron chi connectivity index (χ2n) is 4.84. The predicted molar refractivity (Wildman–Crippen MR) is 76.9 cm³/mol. The molecular formula is C15H20N2O2. The zero-order valence-corrected chi connectivity index (χ0v) is 11.7. The Hall–Kier alpha value is -1.84. The van der Waals surface area contributed by atoms with E-state index >= 15 is 0 Å². The lowest BCUT2D eigenvalue weighted by Gasteiger charge is -2.12. The first-order valence-electron chi connectivity index (χ1n) is 6.61. The first-order valence-corrected chi connectivity index (χ1v) is 6.61. The highest BCUT2D eigenvalue weighted by Crippen LogP contribution is 2.20. The largest absolute Gasteiger partial charge is 0.464 e. The smallest absolute Gasteiger partial charge is 0.336 e. The van der Waals surface area contributed by atoms with E-state index < -0.39 is 0 Å². The number of rotatable bonds is 6. The summed E-state index contributed by atoms with van der Waals surface area (Å²) in [5, 5.41) is 0. The third kappa shape index (κ3) is 3.56. The zero-order chi connectivity index (χ0) is 13.8. The molecule has 4 heteroatoms. The Balaban J connectivity index is 1.78. The monoisotopic (exact) mass is 260 g/mol. The molecule has 0 saturated heterocycles. The van der Waals surface area contributed by atoms with E-state index in [0.29, 0.717) is 6.61 Å². The van der Waals surface area contributed by atoms with Gasteiger partial charge in [0.25, 0.3) is 0 Å². The molecule has 1 unspecified atom stereocenters. The number of aliphatic imine (C=N–C) groups is 1. The van der Waals surface area contributed by atoms with E-state index in [2.05, 4.69) is 34.2 Å². The maximum Gasteiger partial charge on any atom is 0.336 e. The summed E-state index contributed by atoms with van der Waals surface area (Å²) in [4.78, 5) is 17.6. The van der Waals surface area contributed by atoms with Gasteiger partial charge in [0.15, 0.2) is 6.04 Å². The molecule has 0 radical (unpaired) electrons. The molecule has 0 amide bonds. The Kier molecular flexibility index (Phi) is 4.20. The van der Waals surface area contributed by atoms with E-state index in [1.54, 1.807) is 0 Å². The number of carbonyl (C=O) groups excluding carboxylic acids is 1. The van der Waals surface area contributed by atoms with Crippen molar-refractivity contribution in [2.75, 3.05) is 25.6 Å². The second kappa shape index (κ2) is 5.87. The molecule has 0 N–H and O–H groups in total. The van der Waals surface area contributed by atoms with Crippen LogP contribution in [0.4, 0.5) is 5.69 Å². The number of aryl methyl sites for hydroxylation is 1. The molecule has 0 fully saturated rings. The third-order valence-electron chi connectivity index (χ3n) is 3.18. The van der Waals surface area contributed by atoms with Crippen molar-refractivity contribution in [2.24, 2.45) is 4.99 Å². The Morgan fingerprint density at radius 2 is 1.95 bits per heavy atom. The number of carbonyl (C=O) groups is 1. The minimum absolute atomic E-state index is 0.208. The number of esters is 1. The molecule has 0 spiro atoms. The van der Waals surface area contributed by atoms with Crippen LogP contribution in [0, 0.1) is 0 Å². The highest BCUT2D eigenvalue weighted by molar-refractivity contribution is 6.16. The van der Waals surface area contributed by atoms with Crippen LogP contribution in [0.25, 0.3) is 0 Å². The topological polar surface area (TPSA) is 41.9 Å². The molecule has 4 nitrogen and oxygen atoms in total. The van der Waals surface area contributed by atoms with Crippen molar-refractivity contribution in [3.63, 3.8) is 0 Å². The molecule has 1 heterocycles. The molecule has 0 aromatic heterocycles. The van der Waals surface area contributed by atoms with Gasteiger partial charge in [0.05, 0.1) is 12.3 Å². The van der Waals surface area contributed by atoms with Crippen molar-refractivity contribution in [2.45, 2.75) is 25.8 Å². The molecule has 1 aromatic carbocycles. The van der Waals surface area contributed by atoms with Gasteiger partial charge in [0, 0.05) is 19.8 Å². The van der Waals surface area contributed by atoms with Crippen LogP contribution < -0.4 is 4.90 Å². The van der Waals surface area contributed by atoms with Crippen LogP contribution in [-0.4, -0.2) is 38.4 Å². The van der Waals surface area contributed by atoms with Crippen molar-refractivity contribution in [3.05, 3.63) is 29.8 Å². The number of hydrogen-bond donors (Lipinski definition) is 0. The van der Waals surface area contributed by atoms with Crippen LogP contribution in [-0.2, 0) is 16.0 Å². The highest BCUT2D eigenvalue weighted by atomic mass is 16.5. The Bertz CT molecular complexity index is 477. The van der Waals surface area contributed by atoms with Gasteiger partial charge in [-0.1, -0.05) is 12.1 Å². The lowest BCUT2D eigenvalue weighted by molar-refractivity contribution is -0.142. The van der Waals surface area contributed by atoms with Gasteiger partial charge in [-0.05, 0) is 37.5 Å². The minimum Gasteiger partial charge on any atom is -0.464 e. The molecule has 0 bridgehead atoms. The number of nitrogens with zero attached hydrogens (tertiary/aromatic N) is 2. The standard InChI is InChI=1S/C15H20N2O2/c1-4-19-15(18)14-13(16-14)10-7-11-5-8-12(9-6-11)17(2)3/h5-6,8-9,14H,4,7,10H2,1-3H3. The highest BCUT2D eigenvalue weighted by Gasteiger charge is 2.35. The fourth-order valence-electron chi connectivity index (χ4n) is 1.97. The molecule has 2 rings (SSSR count). The average molecular weight is 260 g/mol. The van der Waals surface area contributed by atoms with E-state index in [-0.39, 0.29) is 12.0 Å². The van der Waals surface area contributed by atoms with Gasteiger partial charge in [-0.25, -0.2) is 4.79 Å². The fraction of sp³-hybridized carbons (Fsp3) is 0.467. The zero-order valence-electron chi connectivity index (χ0n) is 11.7. The molecule has 1 aliphatic rings. The average Bonchev–Trinajstić information content (AvgIpc) is 3.17. The van der Waals surface area contributed by atoms with E-state index in [1.807, 2.05) is 21.0 Å². The van der Waals surface area contributed by atoms with Crippen LogP contribution in [0.3, 0.4) is 0 Å². The first-order chi connectivity index (χ1) is 9.11. The van der Waals surface area contributed by atoms with Crippen molar-refractivity contribution >= 4 is 17.4 Å². The van der Waals surface area contributed by atoms with Gasteiger partial charge in [-0.2, -0.15) is 0 Å². The fourth-order valence-corrected chi connectivity index (χ4v) is 1.97. The van der Waals surface area contributed by atoms with Gasteiger partial charge in [-0.3, -0.25) is 4.99 Å². The number of ether oxygens (including phenoxy) is 1. The number of benzene rings is 1. The quantitative estimate of drug-likeness (QED) is 0.735. The molecule has 1 aliphatic heterocycles. The molecule has 1 atom stereocenters. The summed E-state index contributed by atoms with van der Waals surface area (Å²) in [7, 11) is 4.05. The predicted octanol–water partition coefficient (Wildman–Crippen LogP) is 2.07. The summed E-state index contributed by atoms with van der Waals surface area (Å²) in [6, 6.07) is 8.16. The Labute approximate surface area is 114 Å². The van der Waals surface area contributed by atoms with Crippen LogP contribution in [0.15, 0.2) is 29.3 Å². The lowest BCUT2D eigenvalue weighted by atomic mass is 10.1. The minimum atomic E-state index is -0.291. The molecule has 19 heavy (non-hydrogen) atoms. The summed E-state index contributed by atoms with van der Waals surface area (Å²) >= 11 is 0. The van der Waals surface area contributed by atoms with Crippen LogP contribution in [0.1, 0.15) is 18.9 Å². The van der Waals surface area contributed by atoms with Crippen LogP contribution >= 0.6 is 0 Å². The first kappa shape index (κ1) is 13.6. The van der Waals surface area contributed by atoms with E-state index in [9.17, 15) is 4.79 Å². The maximum absolute atomic E-state index is 11.4. The van der Waals surface area contributed by atoms with Crippen molar-refractivity contribution in [3.8, 4) is 0 Å². The van der Waals surface area contributed by atoms with Gasteiger partial charge in [0.1, 0.15) is 0 Å². The third-order valence-corrected chi connectivity index (χ3v) is 3.18. The lowest BCUT2D eigenvalue weighted by Crippen LogP contribution is -2.16. The van der Waals surface area contributed by atoms with Gasteiger partial charge >= 0.3 is 5.97 Å². The maximum atomic E-state index is 11.4. The molecule has 0 aliphatic carbocycles. The summed E-state index contributed by atoms with van der Waals surface area (Å²) in [5.74, 6) is -0.208. The normalized spacial score (nSPS) is 16.8. The van der Waals surface area contributed by atoms with Gasteiger partial charge < -0.3 is 9.64 Å². The molecule has 102 valence electrons. The van der Waals surface area contributed by atoms with Gasteiger partial charge in [0.2, 0.25) is 0 Å². The van der Waals surface area contributed by atoms with Crippen molar-refractivity contribution < 1.29 is 9.53 Å². The molecule has 1 aromatic rings. The number of anilines is 1. The van der Waals surface area contributed by atoms with E-state index in [4.69, 9.17) is 4.74 Å². The molecular weight excluding hydrogens is 240 g/mol. The Morgan fingerprint density at radius 1 is 1.26 bits per heavy atom. The van der Waals surface area contributed by atoms with Crippen LogP contribution in [0.5, 0.6) is 0 Å². The van der Waals surface area contributed by atoms with Gasteiger partial charge in [-0.15, -0.1) is 0 Å². The summed E-state index contributed by atoms with van der Waals surface area (Å²) in [6.07, 6.45) is 1.76. The number of hydrogen-bond acceptors (Lipinski definition) is 4. The van der Waals surface area contributed by atoms with Crippen molar-refractivity contribution in [1.29, 1.82) is 0 Å². The SMILES string of the molecule is CCOC(=O)C1N=C1CCc1ccc(N(C)C)cc1. The van der Waals surface area contributed by atoms with Crippen molar-refractivity contribution in [1.82, 2.24) is 0 Å². The molecule has 0 saturated carbocycles. The van der Waals surface area contributed by atoms with E-state index in [0.717, 1.165) is 18.6 Å². The second-order valence-corrected chi connectivity index (χ2v) is 4.84. The summed E-state index contributed by atoms with van der Waals surface area (Å²) in [5.41, 5.74) is 3.43. The van der Waals surface area contributed by atoms with E-state index in [1.165, 1.54) is 11.3 Å². The summed E-state index contributed by atoms with van der Waals surface area (Å²) in [6.45, 7) is 2.23. The van der Waals surface area contributed by atoms with Crippen LogP contribution in [0.2, 0.25) is 0 Å². The summed E-state index contributed by atoms with van der Waals surface area (Å²) < 4.78 is 4.93. The Morgan fingerprint density at radius 3 is 2.53 bits per heavy atom.